The van der Waals surface area contributed by atoms with E-state index in [1.807, 2.05) is 32.0 Å². The number of hydrogen-bond donors (Lipinski definition) is 1. The second-order valence-electron chi connectivity index (χ2n) is 5.06. The summed E-state index contributed by atoms with van der Waals surface area (Å²) in [4.78, 5) is 18.8. The molecule has 0 atom stereocenters. The minimum absolute atomic E-state index is 0.124. The molecule has 0 bridgehead atoms. The van der Waals surface area contributed by atoms with Gasteiger partial charge in [0.25, 0.3) is 5.91 Å². The monoisotopic (exact) mass is 287 g/mol. The van der Waals surface area contributed by atoms with E-state index < -0.39 is 0 Å². The fourth-order valence-corrected chi connectivity index (χ4v) is 2.29. The molecular weight excluding hydrogens is 266 g/mol. The van der Waals surface area contributed by atoms with Gasteiger partial charge >= 0.3 is 0 Å². The molecule has 2 rings (SSSR count). The average molecular weight is 287 g/mol. The van der Waals surface area contributed by atoms with E-state index in [9.17, 15) is 4.79 Å². The number of nitrogens with two attached hydrogens (primary N) is 1. The molecule has 0 spiro atoms. The zero-order valence-corrected chi connectivity index (χ0v) is 12.9. The summed E-state index contributed by atoms with van der Waals surface area (Å²) in [6.07, 6.45) is 0. The number of aryl methyl sites for hydroxylation is 3. The van der Waals surface area contributed by atoms with Gasteiger partial charge in [-0.3, -0.25) is 14.5 Å². The molecule has 0 saturated heterocycles. The van der Waals surface area contributed by atoms with Crippen LogP contribution in [0.1, 0.15) is 34.5 Å². The summed E-state index contributed by atoms with van der Waals surface area (Å²) in [6.45, 7) is 6.71. The van der Waals surface area contributed by atoms with Crippen LogP contribution in [0.15, 0.2) is 18.2 Å². The predicted molar refractivity (Wildman–Crippen MR) is 81.7 cm³/mol. The molecule has 6 heteroatoms. The standard InChI is InChI=1S/C15H21N5O/c1-5-20(9-12-8-6-7-10(2)17-12)15(21)14-13(16)11(3)18-19(14)4/h6-8H,5,9,16H2,1-4H3. The number of aromatic nitrogens is 3. The lowest BCUT2D eigenvalue weighted by atomic mass is 10.2. The summed E-state index contributed by atoms with van der Waals surface area (Å²) < 4.78 is 1.54. The number of amides is 1. The summed E-state index contributed by atoms with van der Waals surface area (Å²) in [7, 11) is 1.73. The summed E-state index contributed by atoms with van der Waals surface area (Å²) in [5, 5.41) is 4.20. The van der Waals surface area contributed by atoms with Crippen LogP contribution in [0.3, 0.4) is 0 Å². The third-order valence-corrected chi connectivity index (χ3v) is 3.44. The molecule has 2 aromatic rings. The van der Waals surface area contributed by atoms with E-state index in [1.54, 1.807) is 23.6 Å². The van der Waals surface area contributed by atoms with Crippen molar-refractivity contribution in [3.05, 3.63) is 41.0 Å². The molecule has 21 heavy (non-hydrogen) atoms. The van der Waals surface area contributed by atoms with Crippen molar-refractivity contribution in [2.45, 2.75) is 27.3 Å². The van der Waals surface area contributed by atoms with Crippen LogP contribution in [0.25, 0.3) is 0 Å². The molecule has 0 aliphatic rings. The molecule has 0 saturated carbocycles. The van der Waals surface area contributed by atoms with Gasteiger partial charge in [0.05, 0.1) is 23.6 Å². The average Bonchev–Trinajstić information content (AvgIpc) is 2.69. The first kappa shape index (κ1) is 15.0. The topological polar surface area (TPSA) is 77.0 Å². The van der Waals surface area contributed by atoms with Crippen LogP contribution >= 0.6 is 0 Å². The Morgan fingerprint density at radius 1 is 1.38 bits per heavy atom. The first-order chi connectivity index (χ1) is 9.93. The van der Waals surface area contributed by atoms with Crippen molar-refractivity contribution in [3.8, 4) is 0 Å². The highest BCUT2D eigenvalue weighted by molar-refractivity contribution is 5.97. The summed E-state index contributed by atoms with van der Waals surface area (Å²) in [5.41, 5.74) is 9.32. The van der Waals surface area contributed by atoms with Crippen LogP contribution in [0.2, 0.25) is 0 Å². The van der Waals surface area contributed by atoms with E-state index in [4.69, 9.17) is 5.73 Å². The van der Waals surface area contributed by atoms with Gasteiger partial charge in [0.1, 0.15) is 5.69 Å². The Bertz CT molecular complexity index is 662. The van der Waals surface area contributed by atoms with Crippen LogP contribution in [-0.2, 0) is 13.6 Å². The van der Waals surface area contributed by atoms with Crippen molar-refractivity contribution in [3.63, 3.8) is 0 Å². The first-order valence-corrected chi connectivity index (χ1v) is 6.95. The zero-order chi connectivity index (χ0) is 15.6. The number of pyridine rings is 1. The largest absolute Gasteiger partial charge is 0.395 e. The van der Waals surface area contributed by atoms with E-state index in [0.717, 1.165) is 11.4 Å². The number of carbonyl (C=O) groups is 1. The Hall–Kier alpha value is -2.37. The third kappa shape index (κ3) is 3.04. The molecule has 0 fully saturated rings. The van der Waals surface area contributed by atoms with Crippen molar-refractivity contribution >= 4 is 11.6 Å². The highest BCUT2D eigenvalue weighted by atomic mass is 16.2. The third-order valence-electron chi connectivity index (χ3n) is 3.44. The second kappa shape index (κ2) is 5.95. The van der Waals surface area contributed by atoms with Crippen molar-refractivity contribution in [1.82, 2.24) is 19.7 Å². The first-order valence-electron chi connectivity index (χ1n) is 6.95. The molecule has 112 valence electrons. The minimum atomic E-state index is -0.124. The van der Waals surface area contributed by atoms with Gasteiger partial charge < -0.3 is 10.6 Å². The fraction of sp³-hybridized carbons (Fsp3) is 0.400. The van der Waals surface area contributed by atoms with E-state index in [-0.39, 0.29) is 5.91 Å². The minimum Gasteiger partial charge on any atom is -0.395 e. The number of anilines is 1. The van der Waals surface area contributed by atoms with Gasteiger partial charge in [0.15, 0.2) is 0 Å². The van der Waals surface area contributed by atoms with Gasteiger partial charge in [-0.1, -0.05) is 6.07 Å². The van der Waals surface area contributed by atoms with E-state index in [1.165, 1.54) is 0 Å². The zero-order valence-electron chi connectivity index (χ0n) is 12.9. The Labute approximate surface area is 124 Å². The predicted octanol–water partition coefficient (Wildman–Crippen LogP) is 1.68. The normalized spacial score (nSPS) is 10.7. The molecule has 0 aliphatic carbocycles. The molecule has 0 aliphatic heterocycles. The lowest BCUT2D eigenvalue weighted by Crippen LogP contribution is -2.32. The maximum Gasteiger partial charge on any atom is 0.274 e. The number of nitrogens with zero attached hydrogens (tertiary/aromatic N) is 4. The molecule has 2 aromatic heterocycles. The van der Waals surface area contributed by atoms with Crippen molar-refractivity contribution in [2.75, 3.05) is 12.3 Å². The maximum absolute atomic E-state index is 12.7. The van der Waals surface area contributed by atoms with Crippen LogP contribution in [0.5, 0.6) is 0 Å². The highest BCUT2D eigenvalue weighted by Crippen LogP contribution is 2.18. The number of carbonyl (C=O) groups excluding carboxylic acids is 1. The van der Waals surface area contributed by atoms with Crippen LogP contribution in [0.4, 0.5) is 5.69 Å². The van der Waals surface area contributed by atoms with E-state index in [0.29, 0.717) is 30.2 Å². The van der Waals surface area contributed by atoms with Crippen LogP contribution < -0.4 is 5.73 Å². The molecule has 2 heterocycles. The molecule has 0 unspecified atom stereocenters. The lowest BCUT2D eigenvalue weighted by molar-refractivity contribution is 0.0740. The lowest BCUT2D eigenvalue weighted by Gasteiger charge is -2.21. The molecule has 6 nitrogen and oxygen atoms in total. The second-order valence-corrected chi connectivity index (χ2v) is 5.06. The maximum atomic E-state index is 12.7. The summed E-state index contributed by atoms with van der Waals surface area (Å²) in [6, 6.07) is 5.80. The molecular formula is C15H21N5O. The number of nitrogen functional groups attached to an aromatic ring is 1. The Morgan fingerprint density at radius 3 is 2.62 bits per heavy atom. The molecule has 1 amide bonds. The van der Waals surface area contributed by atoms with Gasteiger partial charge in [-0.25, -0.2) is 0 Å². The Morgan fingerprint density at radius 2 is 2.10 bits per heavy atom. The highest BCUT2D eigenvalue weighted by Gasteiger charge is 2.23. The van der Waals surface area contributed by atoms with Gasteiger partial charge in [-0.05, 0) is 32.9 Å². The summed E-state index contributed by atoms with van der Waals surface area (Å²) in [5.74, 6) is -0.124. The van der Waals surface area contributed by atoms with Crippen molar-refractivity contribution in [2.24, 2.45) is 7.05 Å². The summed E-state index contributed by atoms with van der Waals surface area (Å²) >= 11 is 0. The Kier molecular flexibility index (Phi) is 4.26. The van der Waals surface area contributed by atoms with Crippen LogP contribution in [-0.4, -0.2) is 32.1 Å². The molecule has 0 aromatic carbocycles. The van der Waals surface area contributed by atoms with Crippen LogP contribution in [0, 0.1) is 13.8 Å². The van der Waals surface area contributed by atoms with E-state index in [2.05, 4.69) is 10.1 Å². The quantitative estimate of drug-likeness (QED) is 0.928. The SMILES string of the molecule is CCN(Cc1cccc(C)n1)C(=O)c1c(N)c(C)nn1C. The Balaban J connectivity index is 2.27. The number of rotatable bonds is 4. The molecule has 0 radical (unpaired) electrons. The van der Waals surface area contributed by atoms with Gasteiger partial charge in [-0.2, -0.15) is 5.10 Å². The van der Waals surface area contributed by atoms with Gasteiger partial charge in [0, 0.05) is 19.3 Å². The van der Waals surface area contributed by atoms with Gasteiger partial charge in [0.2, 0.25) is 0 Å². The molecule has 2 N–H and O–H groups in total. The van der Waals surface area contributed by atoms with E-state index >= 15 is 0 Å². The van der Waals surface area contributed by atoms with Crippen molar-refractivity contribution < 1.29 is 4.79 Å². The number of hydrogen-bond acceptors (Lipinski definition) is 4. The smallest absolute Gasteiger partial charge is 0.274 e. The van der Waals surface area contributed by atoms with Crippen molar-refractivity contribution in [1.29, 1.82) is 0 Å². The van der Waals surface area contributed by atoms with Gasteiger partial charge in [-0.15, -0.1) is 0 Å². The fourth-order valence-electron chi connectivity index (χ4n) is 2.29.